The van der Waals surface area contributed by atoms with Gasteiger partial charge in [-0.05, 0) is 51.6 Å². The van der Waals surface area contributed by atoms with Crippen LogP contribution in [0.25, 0.3) is 0 Å². The molecule has 1 aliphatic rings. The highest BCUT2D eigenvalue weighted by atomic mass is 16.2. The second-order valence-corrected chi connectivity index (χ2v) is 7.15. The summed E-state index contributed by atoms with van der Waals surface area (Å²) in [5.74, 6) is -1.57. The van der Waals surface area contributed by atoms with Gasteiger partial charge < -0.3 is 16.8 Å². The second kappa shape index (κ2) is 7.78. The van der Waals surface area contributed by atoms with Gasteiger partial charge in [-0.25, -0.2) is 4.99 Å². The van der Waals surface area contributed by atoms with E-state index in [1.807, 2.05) is 30.3 Å². The summed E-state index contributed by atoms with van der Waals surface area (Å²) in [6.07, 6.45) is 2.18. The molecule has 0 spiro atoms. The van der Waals surface area contributed by atoms with E-state index in [0.29, 0.717) is 25.8 Å². The zero-order valence-corrected chi connectivity index (χ0v) is 15.2. The van der Waals surface area contributed by atoms with Crippen molar-refractivity contribution in [1.29, 1.82) is 0 Å². The normalized spacial score (nSPS) is 16.0. The average Bonchev–Trinajstić information content (AvgIpc) is 3.40. The molecule has 0 radical (unpaired) electrons. The summed E-state index contributed by atoms with van der Waals surface area (Å²) in [7, 11) is 0. The zero-order valence-electron chi connectivity index (χ0n) is 15.2. The summed E-state index contributed by atoms with van der Waals surface area (Å²) in [5, 5.41) is 2.54. The Bertz CT molecular complexity index is 722. The Morgan fingerprint density at radius 1 is 1.19 bits per heavy atom. The highest BCUT2D eigenvalue weighted by Gasteiger charge is 2.51. The number of nitrogens with zero attached hydrogens (tertiary/aromatic N) is 1. The lowest BCUT2D eigenvalue weighted by atomic mass is 9.95. The van der Waals surface area contributed by atoms with E-state index < -0.39 is 22.8 Å². The van der Waals surface area contributed by atoms with Gasteiger partial charge in [0.15, 0.2) is 0 Å². The van der Waals surface area contributed by atoms with Gasteiger partial charge in [-0.15, -0.1) is 0 Å². The molecule has 7 nitrogen and oxygen atoms in total. The quantitative estimate of drug-likeness (QED) is 0.594. The number of primary amides is 1. The number of carbonyl (C=O) groups excluding carboxylic acids is 3. The third-order valence-electron chi connectivity index (χ3n) is 4.64. The van der Waals surface area contributed by atoms with Crippen LogP contribution in [0.15, 0.2) is 35.3 Å². The maximum absolute atomic E-state index is 12.8. The molecule has 1 aromatic rings. The number of nitrogens with two attached hydrogens (primary N) is 2. The minimum atomic E-state index is -1.24. The highest BCUT2D eigenvalue weighted by Crippen LogP contribution is 2.49. The van der Waals surface area contributed by atoms with Crippen LogP contribution in [0.3, 0.4) is 0 Å². The number of amides is 3. The molecule has 0 aliphatic heterocycles. The minimum absolute atomic E-state index is 0.0805. The van der Waals surface area contributed by atoms with E-state index >= 15 is 0 Å². The SMILES string of the molecule is CC(C)(NC(=O)/C(CCCN)=N/C(=O)C1(c2ccccc2)CC1)C(N)=O. The van der Waals surface area contributed by atoms with Crippen LogP contribution in [0.4, 0.5) is 0 Å². The van der Waals surface area contributed by atoms with Crippen molar-refractivity contribution < 1.29 is 14.4 Å². The van der Waals surface area contributed by atoms with Crippen LogP contribution in [0.1, 0.15) is 45.1 Å². The molecule has 3 amide bonds. The highest BCUT2D eigenvalue weighted by molar-refractivity contribution is 6.41. The predicted octanol–water partition coefficient (Wildman–Crippen LogP) is 0.805. The van der Waals surface area contributed by atoms with Crippen LogP contribution in [-0.2, 0) is 19.8 Å². The number of rotatable bonds is 8. The van der Waals surface area contributed by atoms with Crippen molar-refractivity contribution in [2.24, 2.45) is 16.5 Å². The van der Waals surface area contributed by atoms with E-state index in [9.17, 15) is 14.4 Å². The lowest BCUT2D eigenvalue weighted by molar-refractivity contribution is -0.127. The Kier molecular flexibility index (Phi) is 5.92. The fourth-order valence-electron chi connectivity index (χ4n) is 2.65. The van der Waals surface area contributed by atoms with Crippen molar-refractivity contribution in [3.63, 3.8) is 0 Å². The van der Waals surface area contributed by atoms with Gasteiger partial charge in [-0.2, -0.15) is 0 Å². The van der Waals surface area contributed by atoms with Crippen molar-refractivity contribution in [2.75, 3.05) is 6.54 Å². The number of hydrogen-bond donors (Lipinski definition) is 3. The molecule has 1 saturated carbocycles. The summed E-state index contributed by atoms with van der Waals surface area (Å²) >= 11 is 0. The molecule has 7 heteroatoms. The molecule has 0 unspecified atom stereocenters. The molecule has 0 saturated heterocycles. The Labute approximate surface area is 153 Å². The molecule has 1 aliphatic carbocycles. The summed E-state index contributed by atoms with van der Waals surface area (Å²) in [4.78, 5) is 40.9. The maximum Gasteiger partial charge on any atom is 0.266 e. The van der Waals surface area contributed by atoms with Crippen molar-refractivity contribution in [3.8, 4) is 0 Å². The molecular formula is C19H26N4O3. The van der Waals surface area contributed by atoms with Crippen molar-refractivity contribution >= 4 is 23.4 Å². The lowest BCUT2D eigenvalue weighted by Gasteiger charge is -2.22. The molecular weight excluding hydrogens is 332 g/mol. The first-order chi connectivity index (χ1) is 12.2. The van der Waals surface area contributed by atoms with E-state index in [0.717, 1.165) is 5.56 Å². The number of carbonyl (C=O) groups is 3. The first kappa shape index (κ1) is 19.8. The van der Waals surface area contributed by atoms with E-state index in [2.05, 4.69) is 10.3 Å². The standard InChI is InChI=1S/C19H26N4O3/c1-18(2,16(21)25)23-15(24)14(9-6-12-20)22-17(26)19(10-11-19)13-7-4-3-5-8-13/h3-5,7-8H,6,9-12,20H2,1-2H3,(H2,21,25)(H,23,24)/b22-14+. The molecule has 0 aromatic heterocycles. The van der Waals surface area contributed by atoms with Gasteiger partial charge in [-0.1, -0.05) is 30.3 Å². The van der Waals surface area contributed by atoms with Crippen molar-refractivity contribution in [2.45, 2.75) is 50.5 Å². The molecule has 5 N–H and O–H groups in total. The summed E-state index contributed by atoms with van der Waals surface area (Å²) in [5.41, 5.74) is 9.93. The molecule has 0 heterocycles. The smallest absolute Gasteiger partial charge is 0.266 e. The minimum Gasteiger partial charge on any atom is -0.368 e. The molecule has 2 rings (SSSR count). The fourth-order valence-corrected chi connectivity index (χ4v) is 2.65. The third kappa shape index (κ3) is 4.35. The fraction of sp³-hybridized carbons (Fsp3) is 0.474. The lowest BCUT2D eigenvalue weighted by Crippen LogP contribution is -2.54. The van der Waals surface area contributed by atoms with E-state index in [1.165, 1.54) is 13.8 Å². The monoisotopic (exact) mass is 358 g/mol. The largest absolute Gasteiger partial charge is 0.368 e. The second-order valence-electron chi connectivity index (χ2n) is 7.15. The zero-order chi connectivity index (χ0) is 19.4. The molecule has 1 aromatic carbocycles. The van der Waals surface area contributed by atoms with Crippen LogP contribution in [0.2, 0.25) is 0 Å². The Morgan fingerprint density at radius 2 is 1.81 bits per heavy atom. The van der Waals surface area contributed by atoms with Crippen molar-refractivity contribution in [3.05, 3.63) is 35.9 Å². The van der Waals surface area contributed by atoms with Crippen LogP contribution < -0.4 is 16.8 Å². The van der Waals surface area contributed by atoms with Crippen LogP contribution in [0, 0.1) is 0 Å². The summed E-state index contributed by atoms with van der Waals surface area (Å²) < 4.78 is 0. The van der Waals surface area contributed by atoms with Gasteiger partial charge >= 0.3 is 0 Å². The molecule has 0 atom stereocenters. The molecule has 1 fully saturated rings. The summed E-state index contributed by atoms with van der Waals surface area (Å²) in [6.45, 7) is 3.37. The predicted molar refractivity (Wildman–Crippen MR) is 99.5 cm³/mol. The first-order valence-electron chi connectivity index (χ1n) is 8.73. The van der Waals surface area contributed by atoms with Crippen LogP contribution in [-0.4, -0.2) is 35.5 Å². The third-order valence-corrected chi connectivity index (χ3v) is 4.64. The van der Waals surface area contributed by atoms with Gasteiger partial charge in [0.25, 0.3) is 11.8 Å². The summed E-state index contributed by atoms with van der Waals surface area (Å²) in [6, 6.07) is 9.44. The first-order valence-corrected chi connectivity index (χ1v) is 8.73. The van der Waals surface area contributed by atoms with Gasteiger partial charge in [0.2, 0.25) is 5.91 Å². The molecule has 26 heavy (non-hydrogen) atoms. The average molecular weight is 358 g/mol. The topological polar surface area (TPSA) is 128 Å². The van der Waals surface area contributed by atoms with E-state index in [1.54, 1.807) is 0 Å². The van der Waals surface area contributed by atoms with Gasteiger partial charge in [0.05, 0.1) is 5.41 Å². The Balaban J connectivity index is 2.24. The van der Waals surface area contributed by atoms with Gasteiger partial charge in [0, 0.05) is 0 Å². The van der Waals surface area contributed by atoms with Crippen molar-refractivity contribution in [1.82, 2.24) is 5.32 Å². The number of benzene rings is 1. The number of hydrogen-bond acceptors (Lipinski definition) is 4. The maximum atomic E-state index is 12.8. The van der Waals surface area contributed by atoms with Crippen LogP contribution >= 0.6 is 0 Å². The Morgan fingerprint density at radius 3 is 2.31 bits per heavy atom. The van der Waals surface area contributed by atoms with Gasteiger partial charge in [-0.3, -0.25) is 14.4 Å². The van der Waals surface area contributed by atoms with E-state index in [4.69, 9.17) is 11.5 Å². The number of nitrogens with one attached hydrogen (secondary N) is 1. The Hall–Kier alpha value is -2.54. The van der Waals surface area contributed by atoms with E-state index in [-0.39, 0.29) is 18.0 Å². The van der Waals surface area contributed by atoms with Gasteiger partial charge in [0.1, 0.15) is 11.3 Å². The molecule has 140 valence electrons. The van der Waals surface area contributed by atoms with Crippen LogP contribution in [0.5, 0.6) is 0 Å². The number of aliphatic imine (C=N–C) groups is 1. The molecule has 0 bridgehead atoms.